The summed E-state index contributed by atoms with van der Waals surface area (Å²) in [6.45, 7) is 0.737. The Kier molecular flexibility index (Phi) is 5.36. The average Bonchev–Trinajstić information content (AvgIpc) is 2.59. The van der Waals surface area contributed by atoms with Crippen LogP contribution in [0.25, 0.3) is 10.9 Å². The molecular weight excluding hydrogens is 374 g/mol. The van der Waals surface area contributed by atoms with Crippen LogP contribution in [0.15, 0.2) is 24.3 Å². The first-order valence-corrected chi connectivity index (χ1v) is 8.57. The molecule has 2 atom stereocenters. The second-order valence-corrected chi connectivity index (χ2v) is 6.69. The molecule has 148 valence electrons. The number of pyridine rings is 1. The minimum Gasteiger partial charge on any atom is -0.388 e. The third kappa shape index (κ3) is 4.35. The number of para-hydroxylation sites is 1. The Hall–Kier alpha value is -1.87. The van der Waals surface area contributed by atoms with Gasteiger partial charge in [0.2, 0.25) is 0 Å². The molecule has 0 radical (unpaired) electrons. The number of aliphatic hydroxyl groups is 1. The van der Waals surface area contributed by atoms with E-state index >= 15 is 0 Å². The summed E-state index contributed by atoms with van der Waals surface area (Å²) in [5, 5.41) is 13.6. The maximum absolute atomic E-state index is 13.3. The molecule has 9 heteroatoms. The predicted molar refractivity (Wildman–Crippen MR) is 87.0 cm³/mol. The summed E-state index contributed by atoms with van der Waals surface area (Å²) in [6.07, 6.45) is -8.36. The molecule has 1 saturated heterocycles. The molecule has 0 bridgehead atoms. The third-order valence-corrected chi connectivity index (χ3v) is 4.75. The van der Waals surface area contributed by atoms with Crippen molar-refractivity contribution in [1.29, 1.82) is 0 Å². The summed E-state index contributed by atoms with van der Waals surface area (Å²) in [5.41, 5.74) is -3.69. The summed E-state index contributed by atoms with van der Waals surface area (Å²) in [4.78, 5) is 3.23. The number of benzene rings is 1. The van der Waals surface area contributed by atoms with Gasteiger partial charge in [-0.25, -0.2) is 4.98 Å². The number of aromatic nitrogens is 1. The van der Waals surface area contributed by atoms with E-state index < -0.39 is 35.2 Å². The Bertz CT molecular complexity index is 812. The van der Waals surface area contributed by atoms with Crippen molar-refractivity contribution >= 4 is 10.9 Å². The van der Waals surface area contributed by atoms with Crippen LogP contribution in [-0.2, 0) is 12.4 Å². The van der Waals surface area contributed by atoms with E-state index in [0.717, 1.165) is 31.9 Å². The van der Waals surface area contributed by atoms with Gasteiger partial charge in [0.15, 0.2) is 0 Å². The monoisotopic (exact) mass is 392 g/mol. The molecule has 0 unspecified atom stereocenters. The largest absolute Gasteiger partial charge is 0.433 e. The number of piperidine rings is 1. The fraction of sp³-hybridized carbons (Fsp3) is 0.500. The van der Waals surface area contributed by atoms with Gasteiger partial charge in [-0.05, 0) is 43.5 Å². The lowest BCUT2D eigenvalue weighted by molar-refractivity contribution is -0.142. The summed E-state index contributed by atoms with van der Waals surface area (Å²) in [6, 6.07) is 3.60. The molecule has 0 aliphatic carbocycles. The molecule has 1 fully saturated rings. The highest BCUT2D eigenvalue weighted by atomic mass is 19.4. The number of rotatable bonds is 3. The van der Waals surface area contributed by atoms with E-state index in [1.54, 1.807) is 0 Å². The van der Waals surface area contributed by atoms with Crippen LogP contribution in [0.1, 0.15) is 48.6 Å². The van der Waals surface area contributed by atoms with Crippen LogP contribution in [0.2, 0.25) is 0 Å². The molecule has 0 saturated carbocycles. The second kappa shape index (κ2) is 7.27. The Morgan fingerprint density at radius 2 is 1.85 bits per heavy atom. The Balaban J connectivity index is 2.12. The van der Waals surface area contributed by atoms with E-state index in [9.17, 15) is 31.4 Å². The molecular formula is C18H18F6N2O. The van der Waals surface area contributed by atoms with Gasteiger partial charge in [0.05, 0.1) is 17.2 Å². The van der Waals surface area contributed by atoms with Crippen LogP contribution < -0.4 is 5.32 Å². The number of nitrogens with one attached hydrogen (secondary N) is 1. The number of nitrogens with zero attached hydrogens (tertiary/aromatic N) is 1. The molecule has 27 heavy (non-hydrogen) atoms. The molecule has 0 spiro atoms. The zero-order valence-electron chi connectivity index (χ0n) is 14.2. The minimum atomic E-state index is -4.93. The third-order valence-electron chi connectivity index (χ3n) is 4.75. The van der Waals surface area contributed by atoms with E-state index in [0.29, 0.717) is 12.1 Å². The predicted octanol–water partition coefficient (Wildman–Crippen LogP) is 4.84. The van der Waals surface area contributed by atoms with Gasteiger partial charge >= 0.3 is 12.4 Å². The lowest BCUT2D eigenvalue weighted by atomic mass is 9.93. The number of halogens is 6. The van der Waals surface area contributed by atoms with Gasteiger partial charge in [0.25, 0.3) is 0 Å². The van der Waals surface area contributed by atoms with Crippen molar-refractivity contribution in [1.82, 2.24) is 10.3 Å². The minimum absolute atomic E-state index is 0.0999. The lowest BCUT2D eigenvalue weighted by Gasteiger charge is -2.26. The van der Waals surface area contributed by atoms with Crippen LogP contribution in [0.5, 0.6) is 0 Å². The molecule has 1 aromatic heterocycles. The number of hydrogen-bond acceptors (Lipinski definition) is 3. The van der Waals surface area contributed by atoms with Gasteiger partial charge < -0.3 is 10.4 Å². The van der Waals surface area contributed by atoms with Crippen molar-refractivity contribution < 1.29 is 31.4 Å². The smallest absolute Gasteiger partial charge is 0.388 e. The topological polar surface area (TPSA) is 45.1 Å². The Morgan fingerprint density at radius 3 is 2.44 bits per heavy atom. The zero-order valence-corrected chi connectivity index (χ0v) is 14.2. The average molecular weight is 392 g/mol. The highest BCUT2D eigenvalue weighted by Crippen LogP contribution is 2.39. The van der Waals surface area contributed by atoms with E-state index in [1.165, 1.54) is 6.07 Å². The van der Waals surface area contributed by atoms with E-state index in [2.05, 4.69) is 10.3 Å². The zero-order chi connectivity index (χ0) is 19.8. The van der Waals surface area contributed by atoms with E-state index in [4.69, 9.17) is 0 Å². The second-order valence-electron chi connectivity index (χ2n) is 6.69. The van der Waals surface area contributed by atoms with Crippen LogP contribution >= 0.6 is 0 Å². The van der Waals surface area contributed by atoms with Crippen LogP contribution in [0.4, 0.5) is 26.3 Å². The molecule has 0 amide bonds. The maximum Gasteiger partial charge on any atom is 0.433 e. The molecule has 2 N–H and O–H groups in total. The quantitative estimate of drug-likeness (QED) is 0.735. The van der Waals surface area contributed by atoms with Crippen molar-refractivity contribution in [3.05, 3.63) is 41.1 Å². The van der Waals surface area contributed by atoms with Crippen molar-refractivity contribution in [2.75, 3.05) is 6.54 Å². The summed E-state index contributed by atoms with van der Waals surface area (Å²) in [7, 11) is 0. The number of hydrogen-bond donors (Lipinski definition) is 2. The van der Waals surface area contributed by atoms with Gasteiger partial charge in [-0.3, -0.25) is 0 Å². The van der Waals surface area contributed by atoms with Gasteiger partial charge in [-0.1, -0.05) is 18.6 Å². The number of fused-ring (bicyclic) bond motifs is 1. The molecule has 2 heterocycles. The van der Waals surface area contributed by atoms with Crippen LogP contribution in [-0.4, -0.2) is 22.7 Å². The normalized spacial score (nSPS) is 20.0. The van der Waals surface area contributed by atoms with Crippen molar-refractivity contribution in [2.24, 2.45) is 0 Å². The maximum atomic E-state index is 13.3. The molecule has 1 aliphatic heterocycles. The first-order valence-electron chi connectivity index (χ1n) is 8.57. The highest BCUT2D eigenvalue weighted by molar-refractivity contribution is 5.86. The molecule has 1 aliphatic rings. The number of aliphatic hydroxyl groups excluding tert-OH is 1. The van der Waals surface area contributed by atoms with Gasteiger partial charge in [0, 0.05) is 11.4 Å². The Morgan fingerprint density at radius 1 is 1.11 bits per heavy atom. The summed E-state index contributed by atoms with van der Waals surface area (Å²) >= 11 is 0. The van der Waals surface area contributed by atoms with Gasteiger partial charge in [0.1, 0.15) is 5.69 Å². The Labute approximate surface area is 151 Å². The van der Waals surface area contributed by atoms with Crippen LogP contribution in [0, 0.1) is 0 Å². The lowest BCUT2D eigenvalue weighted by Crippen LogP contribution is -2.35. The molecule has 3 rings (SSSR count). The fourth-order valence-corrected chi connectivity index (χ4v) is 3.45. The molecule has 2 aromatic rings. The number of alkyl halides is 6. The van der Waals surface area contributed by atoms with Crippen molar-refractivity contribution in [3.63, 3.8) is 0 Å². The van der Waals surface area contributed by atoms with E-state index in [-0.39, 0.29) is 23.4 Å². The van der Waals surface area contributed by atoms with Crippen LogP contribution in [0.3, 0.4) is 0 Å². The molecule has 1 aromatic carbocycles. The summed E-state index contributed by atoms with van der Waals surface area (Å²) in [5.74, 6) is 0. The first kappa shape index (κ1) is 19.9. The standard InChI is InChI=1S/C18H18F6N2O/c19-17(20,21)13-6-3-5-11-12(9-15(18(22,23)24)26-16(11)13)14(27)8-10-4-1-2-7-25-10/h3,5-6,9-10,14,25,27H,1-2,4,7-8H2/t10-,14+/m0/s1. The summed E-state index contributed by atoms with van der Waals surface area (Å²) < 4.78 is 79.4. The van der Waals surface area contributed by atoms with E-state index in [1.807, 2.05) is 0 Å². The van der Waals surface area contributed by atoms with Crippen molar-refractivity contribution in [2.45, 2.75) is 50.2 Å². The van der Waals surface area contributed by atoms with Gasteiger partial charge in [-0.15, -0.1) is 0 Å². The first-order chi connectivity index (χ1) is 12.6. The van der Waals surface area contributed by atoms with Crippen molar-refractivity contribution in [3.8, 4) is 0 Å². The highest BCUT2D eigenvalue weighted by Gasteiger charge is 2.38. The van der Waals surface area contributed by atoms with Gasteiger partial charge in [-0.2, -0.15) is 26.3 Å². The fourth-order valence-electron chi connectivity index (χ4n) is 3.45. The molecule has 3 nitrogen and oxygen atoms in total. The SMILES string of the molecule is O[C@H](C[C@@H]1CCCCN1)c1cc(C(F)(F)F)nc2c(C(F)(F)F)cccc12.